The van der Waals surface area contributed by atoms with Gasteiger partial charge in [-0.2, -0.15) is 0 Å². The summed E-state index contributed by atoms with van der Waals surface area (Å²) in [5, 5.41) is 4.21. The van der Waals surface area contributed by atoms with Crippen LogP contribution in [0.25, 0.3) is 5.69 Å². The lowest BCUT2D eigenvalue weighted by Crippen LogP contribution is -2.29. The number of rotatable bonds is 6. The highest BCUT2D eigenvalue weighted by Gasteiger charge is 2.42. The highest BCUT2D eigenvalue weighted by atomic mass is 32.1. The van der Waals surface area contributed by atoms with Gasteiger partial charge < -0.3 is 19.5 Å². The first kappa shape index (κ1) is 25.7. The van der Waals surface area contributed by atoms with Gasteiger partial charge >= 0.3 is 5.97 Å². The molecule has 1 aliphatic rings. The van der Waals surface area contributed by atoms with Crippen molar-refractivity contribution in [2.75, 3.05) is 12.0 Å². The largest absolute Gasteiger partial charge is 0.465 e. The van der Waals surface area contributed by atoms with Gasteiger partial charge in [-0.25, -0.2) is 4.79 Å². The Morgan fingerprint density at radius 1 is 1.03 bits per heavy atom. The van der Waals surface area contributed by atoms with Crippen molar-refractivity contribution >= 4 is 29.0 Å². The lowest BCUT2D eigenvalue weighted by Gasteiger charge is -2.28. The van der Waals surface area contributed by atoms with Gasteiger partial charge in [-0.05, 0) is 85.6 Å². The van der Waals surface area contributed by atoms with E-state index in [9.17, 15) is 4.79 Å². The molecule has 2 aromatic heterocycles. The maximum Gasteiger partial charge on any atom is 0.339 e. The van der Waals surface area contributed by atoms with E-state index >= 15 is 0 Å². The van der Waals surface area contributed by atoms with Gasteiger partial charge in [-0.15, -0.1) is 0 Å². The molecule has 0 radical (unpaired) electrons. The number of aryl methyl sites for hydroxylation is 1. The molecule has 5 rings (SSSR count). The number of benzene rings is 2. The molecule has 1 saturated heterocycles. The van der Waals surface area contributed by atoms with Gasteiger partial charge in [0, 0.05) is 23.3 Å². The first-order valence-corrected chi connectivity index (χ1v) is 13.2. The van der Waals surface area contributed by atoms with Crippen LogP contribution in [0.15, 0.2) is 79.0 Å². The second-order valence-corrected chi connectivity index (χ2v) is 10.3. The molecule has 4 aromatic rings. The van der Waals surface area contributed by atoms with Gasteiger partial charge in [0.05, 0.1) is 36.1 Å². The summed E-state index contributed by atoms with van der Waals surface area (Å²) in [5.41, 5.74) is 7.68. The molecule has 2 atom stereocenters. The van der Waals surface area contributed by atoms with Crippen LogP contribution in [-0.4, -0.2) is 27.7 Å². The Hall–Kier alpha value is -3.97. The lowest BCUT2D eigenvalue weighted by molar-refractivity contribution is 0.0600. The third kappa shape index (κ3) is 4.47. The van der Waals surface area contributed by atoms with Crippen molar-refractivity contribution in [1.29, 1.82) is 0 Å². The number of aromatic nitrogens is 2. The van der Waals surface area contributed by atoms with E-state index in [0.29, 0.717) is 16.6 Å². The number of hydrogen-bond acceptors (Lipinski definition) is 4. The van der Waals surface area contributed by atoms with Gasteiger partial charge in [0.15, 0.2) is 5.11 Å². The number of hydrogen-bond donors (Lipinski definition) is 1. The summed E-state index contributed by atoms with van der Waals surface area (Å²) in [5.74, 6) is 0.0789. The number of thiocarbonyl (C=S) groups is 1. The summed E-state index contributed by atoms with van der Waals surface area (Å²) in [7, 11) is 1.41. The second kappa shape index (κ2) is 10.4. The smallest absolute Gasteiger partial charge is 0.339 e. The van der Waals surface area contributed by atoms with Gasteiger partial charge in [0.25, 0.3) is 0 Å². The molecule has 0 aliphatic carbocycles. The van der Waals surface area contributed by atoms with Crippen LogP contribution in [0.3, 0.4) is 0 Å². The van der Waals surface area contributed by atoms with Crippen molar-refractivity contribution in [2.45, 2.75) is 45.7 Å². The van der Waals surface area contributed by atoms with E-state index in [1.54, 1.807) is 6.07 Å². The van der Waals surface area contributed by atoms with Crippen LogP contribution in [0.2, 0.25) is 0 Å². The molecule has 0 unspecified atom stereocenters. The Balaban J connectivity index is 1.68. The zero-order valence-electron chi connectivity index (χ0n) is 22.3. The van der Waals surface area contributed by atoms with Crippen molar-refractivity contribution in [3.8, 4) is 5.69 Å². The Morgan fingerprint density at radius 3 is 2.39 bits per heavy atom. The number of ether oxygens (including phenoxy) is 1. The predicted octanol–water partition coefficient (Wildman–Crippen LogP) is 6.58. The number of methoxy groups -OCH3 is 1. The topological polar surface area (TPSA) is 59.4 Å². The SMILES string of the molecule is COC(=O)c1ccccc1-n1c(C)cc([C@@H]2[C@@H](c3ccccn3)NC(=S)N2c2ccc(C(C)C)cc2)c1C. The molecule has 2 aromatic carbocycles. The number of anilines is 1. The number of nitrogens with one attached hydrogen (secondary N) is 1. The molecule has 1 aliphatic heterocycles. The van der Waals surface area contributed by atoms with Crippen molar-refractivity contribution in [1.82, 2.24) is 14.9 Å². The molecule has 0 bridgehead atoms. The fourth-order valence-electron chi connectivity index (χ4n) is 5.38. The average molecular weight is 525 g/mol. The third-order valence-corrected chi connectivity index (χ3v) is 7.59. The van der Waals surface area contributed by atoms with E-state index < -0.39 is 0 Å². The van der Waals surface area contributed by atoms with Crippen LogP contribution in [0.4, 0.5) is 5.69 Å². The van der Waals surface area contributed by atoms with Gasteiger partial charge in [0.2, 0.25) is 0 Å². The third-order valence-electron chi connectivity index (χ3n) is 7.28. The minimum Gasteiger partial charge on any atom is -0.465 e. The number of nitrogens with zero attached hydrogens (tertiary/aromatic N) is 3. The summed E-state index contributed by atoms with van der Waals surface area (Å²) in [4.78, 5) is 19.5. The lowest BCUT2D eigenvalue weighted by atomic mass is 9.96. The first-order valence-electron chi connectivity index (χ1n) is 12.8. The summed E-state index contributed by atoms with van der Waals surface area (Å²) in [6, 6.07) is 24.0. The minimum absolute atomic E-state index is 0.146. The number of pyridine rings is 1. The quantitative estimate of drug-likeness (QED) is 0.227. The molecule has 3 heterocycles. The van der Waals surface area contributed by atoms with E-state index in [1.807, 2.05) is 42.6 Å². The van der Waals surface area contributed by atoms with Crippen LogP contribution in [-0.2, 0) is 4.74 Å². The zero-order valence-corrected chi connectivity index (χ0v) is 23.1. The summed E-state index contributed by atoms with van der Waals surface area (Å²) in [6.07, 6.45) is 1.81. The van der Waals surface area contributed by atoms with E-state index in [1.165, 1.54) is 12.7 Å². The number of carbonyl (C=O) groups excluding carboxylic acids is 1. The minimum atomic E-state index is -0.364. The van der Waals surface area contributed by atoms with Gasteiger partial charge in [-0.1, -0.05) is 44.2 Å². The monoisotopic (exact) mass is 524 g/mol. The molecule has 7 heteroatoms. The van der Waals surface area contributed by atoms with Crippen molar-refractivity contribution < 1.29 is 9.53 Å². The highest BCUT2D eigenvalue weighted by molar-refractivity contribution is 7.80. The molecule has 0 amide bonds. The normalized spacial score (nSPS) is 17.1. The van der Waals surface area contributed by atoms with E-state index in [4.69, 9.17) is 17.0 Å². The molecule has 0 spiro atoms. The highest BCUT2D eigenvalue weighted by Crippen LogP contribution is 2.44. The van der Waals surface area contributed by atoms with Gasteiger partial charge in [0.1, 0.15) is 0 Å². The van der Waals surface area contributed by atoms with Crippen LogP contribution >= 0.6 is 12.2 Å². The number of para-hydroxylation sites is 1. The molecule has 38 heavy (non-hydrogen) atoms. The first-order chi connectivity index (χ1) is 18.3. The summed E-state index contributed by atoms with van der Waals surface area (Å²) < 4.78 is 7.20. The van der Waals surface area contributed by atoms with Crippen molar-refractivity contribution in [3.05, 3.63) is 113 Å². The maximum atomic E-state index is 12.6. The molecule has 1 N–H and O–H groups in total. The number of esters is 1. The molecule has 0 saturated carbocycles. The Labute approximate surface area is 229 Å². The predicted molar refractivity (Wildman–Crippen MR) is 155 cm³/mol. The van der Waals surface area contributed by atoms with Crippen LogP contribution in [0, 0.1) is 13.8 Å². The molecular weight excluding hydrogens is 492 g/mol. The van der Waals surface area contributed by atoms with E-state index in [2.05, 4.69) is 77.8 Å². The molecule has 194 valence electrons. The average Bonchev–Trinajstić information content (AvgIpc) is 3.43. The molecular formula is C31H32N4O2S. The fraction of sp³-hybridized carbons (Fsp3) is 0.258. The Bertz CT molecular complexity index is 1480. The van der Waals surface area contributed by atoms with Crippen molar-refractivity contribution in [3.63, 3.8) is 0 Å². The van der Waals surface area contributed by atoms with Crippen LogP contribution < -0.4 is 10.2 Å². The van der Waals surface area contributed by atoms with Gasteiger partial charge in [-0.3, -0.25) is 4.98 Å². The van der Waals surface area contributed by atoms with E-state index in [-0.39, 0.29) is 18.1 Å². The van der Waals surface area contributed by atoms with E-state index in [0.717, 1.165) is 34.0 Å². The number of carbonyl (C=O) groups is 1. The summed E-state index contributed by atoms with van der Waals surface area (Å²) in [6.45, 7) is 8.53. The molecule has 6 nitrogen and oxygen atoms in total. The van der Waals surface area contributed by atoms with Crippen LogP contribution in [0.1, 0.15) is 70.4 Å². The summed E-state index contributed by atoms with van der Waals surface area (Å²) >= 11 is 5.93. The standard InChI is InChI=1S/C31H32N4O2S/c1-19(2)22-13-15-23(16-14-22)35-29(28(33-31(35)38)26-11-8-9-17-32-26)25-18-20(3)34(21(25)4)27-12-7-6-10-24(27)30(36)37-5/h6-19,28-29H,1-5H3,(H,33,38)/t28-,29-/m1/s1. The van der Waals surface area contributed by atoms with Crippen LogP contribution in [0.5, 0.6) is 0 Å². The second-order valence-electron chi connectivity index (χ2n) is 9.91. The Kier molecular flexibility index (Phi) is 7.04. The fourth-order valence-corrected chi connectivity index (χ4v) is 5.72. The molecule has 1 fully saturated rings. The maximum absolute atomic E-state index is 12.6. The Morgan fingerprint density at radius 2 is 1.74 bits per heavy atom. The van der Waals surface area contributed by atoms with Crippen molar-refractivity contribution in [2.24, 2.45) is 0 Å². The zero-order chi connectivity index (χ0) is 27.0.